The van der Waals surface area contributed by atoms with Crippen LogP contribution in [0.1, 0.15) is 65.7 Å². The smallest absolute Gasteiger partial charge is 0.226 e. The van der Waals surface area contributed by atoms with Gasteiger partial charge in [0, 0.05) is 35.8 Å². The molecule has 6 aliphatic rings. The molecule has 8 heteroatoms. The first-order valence-electron chi connectivity index (χ1n) is 13.9. The number of carbonyl (C=O) groups is 2. The van der Waals surface area contributed by atoms with Crippen LogP contribution in [0.5, 0.6) is 0 Å². The Balaban J connectivity index is 1.41. The number of aliphatic hydroxyl groups excluding tert-OH is 1. The third-order valence-electron chi connectivity index (χ3n) is 11.7. The Morgan fingerprint density at radius 1 is 1.24 bits per heavy atom. The SMILES string of the molecule is CC12C=CC(=O)C=C1C(F)CC1C2C(O)CC2(C)C1(C)CC1CN(CC3CCCC3)OC12C(=O)SCF. The van der Waals surface area contributed by atoms with Crippen LogP contribution in [-0.4, -0.2) is 58.0 Å². The molecule has 1 saturated heterocycles. The normalized spacial score (nSPS) is 49.4. The summed E-state index contributed by atoms with van der Waals surface area (Å²) in [6.45, 7) is 7.49. The van der Waals surface area contributed by atoms with Crippen LogP contribution in [0.4, 0.5) is 8.78 Å². The Kier molecular flexibility index (Phi) is 6.15. The second kappa shape index (κ2) is 8.70. The predicted molar refractivity (Wildman–Crippen MR) is 138 cm³/mol. The van der Waals surface area contributed by atoms with Gasteiger partial charge in [-0.3, -0.25) is 14.4 Å². The van der Waals surface area contributed by atoms with Crippen LogP contribution in [0.2, 0.25) is 0 Å². The molecule has 0 amide bonds. The van der Waals surface area contributed by atoms with Gasteiger partial charge < -0.3 is 5.11 Å². The van der Waals surface area contributed by atoms with Crippen molar-refractivity contribution in [2.24, 2.45) is 39.9 Å². The zero-order valence-electron chi connectivity index (χ0n) is 22.1. The molecule has 1 heterocycles. The summed E-state index contributed by atoms with van der Waals surface area (Å²) < 4.78 is 29.5. The van der Waals surface area contributed by atoms with Crippen LogP contribution in [0.15, 0.2) is 23.8 Å². The number of hydroxylamine groups is 2. The highest BCUT2D eigenvalue weighted by Gasteiger charge is 2.80. The summed E-state index contributed by atoms with van der Waals surface area (Å²) in [4.78, 5) is 32.7. The van der Waals surface area contributed by atoms with E-state index in [0.29, 0.717) is 42.6 Å². The van der Waals surface area contributed by atoms with Crippen molar-refractivity contribution in [1.29, 1.82) is 0 Å². The Morgan fingerprint density at radius 3 is 2.68 bits per heavy atom. The molecule has 37 heavy (non-hydrogen) atoms. The summed E-state index contributed by atoms with van der Waals surface area (Å²) >= 11 is 0.672. The summed E-state index contributed by atoms with van der Waals surface area (Å²) in [5.74, 6) is -0.310. The van der Waals surface area contributed by atoms with Crippen molar-refractivity contribution in [3.8, 4) is 0 Å². The zero-order chi connectivity index (χ0) is 26.4. The standard InChI is InChI=1S/C29H39F2NO4S/c1-26-9-8-19(33)10-20(26)22(31)11-21-24(26)23(34)13-28(3)27(21,2)12-18-15-32(14-17-6-4-5-7-17)36-29(18,28)25(35)37-16-30/h8-10,17-18,21-24,34H,4-7,11-16H2,1-3H3. The first-order valence-corrected chi connectivity index (χ1v) is 14.9. The lowest BCUT2D eigenvalue weighted by Crippen LogP contribution is -2.66. The lowest BCUT2D eigenvalue weighted by molar-refractivity contribution is -0.265. The van der Waals surface area contributed by atoms with Crippen molar-refractivity contribution in [3.63, 3.8) is 0 Å². The maximum Gasteiger partial charge on any atom is 0.226 e. The second-order valence-electron chi connectivity index (χ2n) is 13.2. The molecule has 0 aromatic carbocycles. The number of rotatable bonds is 4. The fraction of sp³-hybridized carbons (Fsp3) is 0.793. The molecule has 0 aromatic rings. The summed E-state index contributed by atoms with van der Waals surface area (Å²) in [5.41, 5.74) is -2.84. The molecule has 1 N–H and O–H groups in total. The molecule has 4 saturated carbocycles. The molecule has 9 unspecified atom stereocenters. The van der Waals surface area contributed by atoms with Crippen molar-refractivity contribution < 1.29 is 28.3 Å². The van der Waals surface area contributed by atoms with Crippen LogP contribution in [-0.2, 0) is 14.4 Å². The van der Waals surface area contributed by atoms with Gasteiger partial charge in [0.05, 0.1) is 6.10 Å². The van der Waals surface area contributed by atoms with Gasteiger partial charge in [-0.15, -0.1) is 0 Å². The van der Waals surface area contributed by atoms with Gasteiger partial charge in [0.25, 0.3) is 0 Å². The topological polar surface area (TPSA) is 66.8 Å². The molecule has 204 valence electrons. The minimum Gasteiger partial charge on any atom is -0.393 e. The molecule has 5 nitrogen and oxygen atoms in total. The van der Waals surface area contributed by atoms with Crippen molar-refractivity contribution in [2.45, 2.75) is 83.6 Å². The Hall–Kier alpha value is -1.09. The molecular weight excluding hydrogens is 496 g/mol. The largest absolute Gasteiger partial charge is 0.393 e. The second-order valence-corrected chi connectivity index (χ2v) is 14.1. The Morgan fingerprint density at radius 2 is 1.97 bits per heavy atom. The third kappa shape index (κ3) is 3.37. The number of alkyl halides is 2. The monoisotopic (exact) mass is 535 g/mol. The number of allylic oxidation sites excluding steroid dienone is 4. The van der Waals surface area contributed by atoms with Crippen LogP contribution in [0.3, 0.4) is 0 Å². The number of carbonyl (C=O) groups excluding carboxylic acids is 2. The van der Waals surface area contributed by atoms with Gasteiger partial charge in [0.1, 0.15) is 12.2 Å². The summed E-state index contributed by atoms with van der Waals surface area (Å²) in [5, 5.41) is 13.5. The number of aliphatic hydroxyl groups is 1. The van der Waals surface area contributed by atoms with Gasteiger partial charge in [-0.1, -0.05) is 51.5 Å². The highest BCUT2D eigenvalue weighted by atomic mass is 32.2. The van der Waals surface area contributed by atoms with Crippen LogP contribution in [0.25, 0.3) is 0 Å². The van der Waals surface area contributed by atoms with Gasteiger partial charge >= 0.3 is 0 Å². The van der Waals surface area contributed by atoms with Gasteiger partial charge in [0.15, 0.2) is 11.4 Å². The molecule has 5 aliphatic carbocycles. The molecular formula is C29H39F2NO4S. The van der Waals surface area contributed by atoms with E-state index in [9.17, 15) is 19.1 Å². The van der Waals surface area contributed by atoms with Crippen molar-refractivity contribution >= 4 is 22.7 Å². The first kappa shape index (κ1) is 26.1. The molecule has 0 spiro atoms. The maximum absolute atomic E-state index is 15.8. The number of ketones is 1. The molecule has 9 atom stereocenters. The number of hydrogen-bond acceptors (Lipinski definition) is 6. The van der Waals surface area contributed by atoms with E-state index in [4.69, 9.17) is 4.84 Å². The Bertz CT molecular complexity index is 1060. The highest BCUT2D eigenvalue weighted by Crippen LogP contribution is 2.76. The minimum atomic E-state index is -1.29. The summed E-state index contributed by atoms with van der Waals surface area (Å²) in [6, 6.07) is -0.821. The molecule has 5 fully saturated rings. The van der Waals surface area contributed by atoms with Crippen LogP contribution >= 0.6 is 11.8 Å². The van der Waals surface area contributed by atoms with E-state index >= 15 is 4.39 Å². The lowest BCUT2D eigenvalue weighted by atomic mass is 9.41. The van der Waals surface area contributed by atoms with Gasteiger partial charge in [-0.05, 0) is 67.1 Å². The fourth-order valence-electron chi connectivity index (χ4n) is 9.96. The summed E-state index contributed by atoms with van der Waals surface area (Å²) in [7, 11) is 0. The average Bonchev–Trinajstić information content (AvgIpc) is 3.51. The fourth-order valence-corrected chi connectivity index (χ4v) is 10.7. The van der Waals surface area contributed by atoms with E-state index in [1.807, 2.05) is 18.9 Å². The zero-order valence-corrected chi connectivity index (χ0v) is 22.9. The van der Waals surface area contributed by atoms with E-state index in [-0.39, 0.29) is 35.1 Å². The third-order valence-corrected chi connectivity index (χ3v) is 12.4. The van der Waals surface area contributed by atoms with Crippen molar-refractivity contribution in [3.05, 3.63) is 23.8 Å². The minimum absolute atomic E-state index is 0.146. The summed E-state index contributed by atoms with van der Waals surface area (Å²) in [6.07, 6.45) is 8.54. The van der Waals surface area contributed by atoms with E-state index in [1.54, 1.807) is 6.08 Å². The van der Waals surface area contributed by atoms with E-state index < -0.39 is 40.1 Å². The quantitative estimate of drug-likeness (QED) is 0.534. The molecule has 6 rings (SSSR count). The molecule has 0 radical (unpaired) electrons. The number of thioether (sulfide) groups is 1. The molecule has 1 aliphatic heterocycles. The van der Waals surface area contributed by atoms with Crippen LogP contribution in [0, 0.1) is 39.9 Å². The van der Waals surface area contributed by atoms with Gasteiger partial charge in [-0.25, -0.2) is 8.78 Å². The average molecular weight is 536 g/mol. The van der Waals surface area contributed by atoms with E-state index in [2.05, 4.69) is 6.92 Å². The first-order chi connectivity index (χ1) is 17.5. The van der Waals surface area contributed by atoms with Crippen molar-refractivity contribution in [1.82, 2.24) is 5.06 Å². The van der Waals surface area contributed by atoms with E-state index in [1.165, 1.54) is 25.0 Å². The Labute approximate surface area is 222 Å². The van der Waals surface area contributed by atoms with Crippen LogP contribution < -0.4 is 0 Å². The number of hydrogen-bond donors (Lipinski definition) is 1. The van der Waals surface area contributed by atoms with Crippen molar-refractivity contribution in [2.75, 3.05) is 19.1 Å². The highest BCUT2D eigenvalue weighted by molar-refractivity contribution is 8.13. The number of fused-ring (bicyclic) bond motifs is 7. The number of halogens is 2. The predicted octanol–water partition coefficient (Wildman–Crippen LogP) is 5.19. The molecule has 0 bridgehead atoms. The maximum atomic E-state index is 15.8. The van der Waals surface area contributed by atoms with Gasteiger partial charge in [-0.2, -0.15) is 5.06 Å². The van der Waals surface area contributed by atoms with E-state index in [0.717, 1.165) is 19.4 Å². The number of nitrogens with zero attached hydrogens (tertiary/aromatic N) is 1. The van der Waals surface area contributed by atoms with Gasteiger partial charge in [0.2, 0.25) is 5.12 Å². The lowest BCUT2D eigenvalue weighted by Gasteiger charge is -2.64. The molecule has 0 aromatic heterocycles.